The normalized spacial score (nSPS) is 37.1. The largest absolute Gasteiger partial charge is 0.497 e. The SMILES string of the molecule is COc1ccc2c(c1)CC[C@@H]1[C@H]3CC[C@@H](OC(C)=O)[C@@]3(C)CC[C@@H]21. The Balaban J connectivity index is 1.62. The minimum Gasteiger partial charge on any atom is -0.497 e. The van der Waals surface area contributed by atoms with Gasteiger partial charge >= 0.3 is 5.97 Å². The van der Waals surface area contributed by atoms with Crippen molar-refractivity contribution in [3.8, 4) is 5.75 Å². The van der Waals surface area contributed by atoms with Crippen LogP contribution in [0.15, 0.2) is 18.2 Å². The summed E-state index contributed by atoms with van der Waals surface area (Å²) >= 11 is 0. The third-order valence-electron chi connectivity index (χ3n) is 7.15. The van der Waals surface area contributed by atoms with Crippen LogP contribution in [-0.2, 0) is 16.0 Å². The van der Waals surface area contributed by atoms with Crippen molar-refractivity contribution in [3.63, 3.8) is 0 Å². The van der Waals surface area contributed by atoms with E-state index in [1.54, 1.807) is 19.6 Å². The summed E-state index contributed by atoms with van der Waals surface area (Å²) in [5.74, 6) is 2.96. The van der Waals surface area contributed by atoms with Gasteiger partial charge in [-0.1, -0.05) is 13.0 Å². The van der Waals surface area contributed by atoms with Crippen molar-refractivity contribution < 1.29 is 14.3 Å². The van der Waals surface area contributed by atoms with Gasteiger partial charge in [-0.15, -0.1) is 0 Å². The van der Waals surface area contributed by atoms with Gasteiger partial charge in [-0.3, -0.25) is 4.79 Å². The quantitative estimate of drug-likeness (QED) is 0.751. The lowest BCUT2D eigenvalue weighted by Gasteiger charge is -2.50. The predicted octanol–water partition coefficient (Wildman–Crippen LogP) is 4.48. The van der Waals surface area contributed by atoms with E-state index in [0.717, 1.165) is 24.5 Å². The summed E-state index contributed by atoms with van der Waals surface area (Å²) in [6.07, 6.45) is 7.17. The monoisotopic (exact) mass is 328 g/mol. The number of hydrogen-bond acceptors (Lipinski definition) is 3. The minimum atomic E-state index is -0.120. The zero-order chi connectivity index (χ0) is 16.9. The van der Waals surface area contributed by atoms with E-state index in [2.05, 4.69) is 25.1 Å². The molecule has 130 valence electrons. The molecule has 2 fully saturated rings. The summed E-state index contributed by atoms with van der Waals surface area (Å²) in [6.45, 7) is 3.92. The van der Waals surface area contributed by atoms with Gasteiger partial charge in [-0.05, 0) is 79.5 Å². The molecule has 0 amide bonds. The molecule has 0 aromatic heterocycles. The van der Waals surface area contributed by atoms with Crippen LogP contribution in [0.2, 0.25) is 0 Å². The number of carbonyl (C=O) groups excluding carboxylic acids is 1. The molecule has 4 rings (SSSR count). The Morgan fingerprint density at radius 3 is 2.79 bits per heavy atom. The van der Waals surface area contributed by atoms with Gasteiger partial charge in [0.1, 0.15) is 11.9 Å². The Hall–Kier alpha value is -1.51. The van der Waals surface area contributed by atoms with E-state index < -0.39 is 0 Å². The zero-order valence-electron chi connectivity index (χ0n) is 15.0. The molecule has 3 heteroatoms. The molecular formula is C21H28O3. The molecule has 0 bridgehead atoms. The van der Waals surface area contributed by atoms with Gasteiger partial charge in [0, 0.05) is 12.3 Å². The van der Waals surface area contributed by atoms with Gasteiger partial charge in [0.25, 0.3) is 0 Å². The lowest BCUT2D eigenvalue weighted by molar-refractivity contribution is -0.154. The van der Waals surface area contributed by atoms with Crippen LogP contribution in [0.1, 0.15) is 63.0 Å². The van der Waals surface area contributed by atoms with Gasteiger partial charge in [0.05, 0.1) is 7.11 Å². The van der Waals surface area contributed by atoms with E-state index in [1.165, 1.54) is 31.2 Å². The Morgan fingerprint density at radius 1 is 1.21 bits per heavy atom. The fourth-order valence-corrected chi connectivity index (χ4v) is 6.03. The summed E-state index contributed by atoms with van der Waals surface area (Å²) in [5.41, 5.74) is 3.20. The van der Waals surface area contributed by atoms with Crippen molar-refractivity contribution in [2.75, 3.05) is 7.11 Å². The molecule has 3 aliphatic carbocycles. The maximum atomic E-state index is 11.5. The second-order valence-corrected chi connectivity index (χ2v) is 8.20. The third kappa shape index (κ3) is 2.35. The van der Waals surface area contributed by atoms with Crippen molar-refractivity contribution >= 4 is 5.97 Å². The van der Waals surface area contributed by atoms with Crippen LogP contribution in [0.3, 0.4) is 0 Å². The standard InChI is InChI=1S/C21H28O3/c1-13(22)24-20-9-8-19-18-6-4-14-12-15(23-3)5-7-16(14)17(18)10-11-21(19,20)2/h5,7,12,17-20H,4,6,8-11H2,1-3H3/t17-,18-,19+,20+,21-/m0/s1. The third-order valence-corrected chi connectivity index (χ3v) is 7.15. The van der Waals surface area contributed by atoms with Gasteiger partial charge < -0.3 is 9.47 Å². The smallest absolute Gasteiger partial charge is 0.302 e. The van der Waals surface area contributed by atoms with Crippen molar-refractivity contribution in [1.29, 1.82) is 0 Å². The number of methoxy groups -OCH3 is 1. The van der Waals surface area contributed by atoms with E-state index in [0.29, 0.717) is 11.8 Å². The summed E-state index contributed by atoms with van der Waals surface area (Å²) in [4.78, 5) is 11.5. The molecule has 0 heterocycles. The van der Waals surface area contributed by atoms with Crippen molar-refractivity contribution in [2.24, 2.45) is 17.3 Å². The number of rotatable bonds is 2. The van der Waals surface area contributed by atoms with Gasteiger partial charge in [0.2, 0.25) is 0 Å². The topological polar surface area (TPSA) is 35.5 Å². The summed E-state index contributed by atoms with van der Waals surface area (Å²) in [6, 6.07) is 6.65. The van der Waals surface area contributed by atoms with Gasteiger partial charge in [-0.2, -0.15) is 0 Å². The number of carbonyl (C=O) groups is 1. The number of aryl methyl sites for hydroxylation is 1. The molecule has 2 saturated carbocycles. The number of fused-ring (bicyclic) bond motifs is 5. The van der Waals surface area contributed by atoms with Crippen LogP contribution in [0.5, 0.6) is 5.75 Å². The zero-order valence-corrected chi connectivity index (χ0v) is 15.0. The average Bonchev–Trinajstić information content (AvgIpc) is 2.90. The highest BCUT2D eigenvalue weighted by molar-refractivity contribution is 5.66. The Morgan fingerprint density at radius 2 is 2.04 bits per heavy atom. The maximum Gasteiger partial charge on any atom is 0.302 e. The molecule has 0 spiro atoms. The van der Waals surface area contributed by atoms with E-state index in [9.17, 15) is 4.79 Å². The second kappa shape index (κ2) is 5.79. The molecular weight excluding hydrogens is 300 g/mol. The van der Waals surface area contributed by atoms with Crippen LogP contribution in [-0.4, -0.2) is 19.2 Å². The highest BCUT2D eigenvalue weighted by atomic mass is 16.5. The molecule has 0 unspecified atom stereocenters. The molecule has 0 saturated heterocycles. The highest BCUT2D eigenvalue weighted by Gasteiger charge is 2.56. The number of ether oxygens (including phenoxy) is 2. The average molecular weight is 328 g/mol. The maximum absolute atomic E-state index is 11.5. The molecule has 24 heavy (non-hydrogen) atoms. The molecule has 3 nitrogen and oxygen atoms in total. The first kappa shape index (κ1) is 16.0. The van der Waals surface area contributed by atoms with E-state index in [1.807, 2.05) is 0 Å². The van der Waals surface area contributed by atoms with Crippen LogP contribution < -0.4 is 4.74 Å². The minimum absolute atomic E-state index is 0.120. The molecule has 1 aromatic rings. The molecule has 5 atom stereocenters. The van der Waals surface area contributed by atoms with Gasteiger partial charge in [-0.25, -0.2) is 0 Å². The number of benzene rings is 1. The van der Waals surface area contributed by atoms with Crippen LogP contribution in [0.25, 0.3) is 0 Å². The Kier molecular flexibility index (Phi) is 3.85. The van der Waals surface area contributed by atoms with E-state index >= 15 is 0 Å². The van der Waals surface area contributed by atoms with Crippen LogP contribution >= 0.6 is 0 Å². The predicted molar refractivity (Wildman–Crippen MR) is 93.2 cm³/mol. The fourth-order valence-electron chi connectivity index (χ4n) is 6.03. The number of esters is 1. The molecule has 0 N–H and O–H groups in total. The molecule has 0 radical (unpaired) electrons. The van der Waals surface area contributed by atoms with Crippen LogP contribution in [0.4, 0.5) is 0 Å². The highest BCUT2D eigenvalue weighted by Crippen LogP contribution is 2.61. The van der Waals surface area contributed by atoms with Crippen molar-refractivity contribution in [1.82, 2.24) is 0 Å². The van der Waals surface area contributed by atoms with Crippen LogP contribution in [0, 0.1) is 17.3 Å². The van der Waals surface area contributed by atoms with Crippen molar-refractivity contribution in [2.45, 2.75) is 64.4 Å². The molecule has 3 aliphatic rings. The van der Waals surface area contributed by atoms with Gasteiger partial charge in [0.15, 0.2) is 0 Å². The van der Waals surface area contributed by atoms with E-state index in [4.69, 9.17) is 9.47 Å². The fraction of sp³-hybridized carbons (Fsp3) is 0.667. The first-order valence-electron chi connectivity index (χ1n) is 9.37. The summed E-state index contributed by atoms with van der Waals surface area (Å²) in [7, 11) is 1.74. The Bertz CT molecular complexity index is 652. The van der Waals surface area contributed by atoms with Crippen molar-refractivity contribution in [3.05, 3.63) is 29.3 Å². The molecule has 1 aromatic carbocycles. The first-order chi connectivity index (χ1) is 11.5. The molecule has 0 aliphatic heterocycles. The Labute approximate surface area is 144 Å². The summed E-state index contributed by atoms with van der Waals surface area (Å²) < 4.78 is 11.1. The second-order valence-electron chi connectivity index (χ2n) is 8.20. The number of hydrogen-bond donors (Lipinski definition) is 0. The lowest BCUT2D eigenvalue weighted by Crippen LogP contribution is -2.45. The first-order valence-corrected chi connectivity index (χ1v) is 9.37. The lowest BCUT2D eigenvalue weighted by atomic mass is 9.55. The van der Waals surface area contributed by atoms with E-state index in [-0.39, 0.29) is 17.5 Å². The summed E-state index contributed by atoms with van der Waals surface area (Å²) in [5, 5.41) is 0.